The van der Waals surface area contributed by atoms with E-state index < -0.39 is 5.92 Å². The van der Waals surface area contributed by atoms with Gasteiger partial charge in [0.1, 0.15) is 0 Å². The summed E-state index contributed by atoms with van der Waals surface area (Å²) < 4.78 is 1.81. The Bertz CT molecular complexity index is 1880. The zero-order valence-electron chi connectivity index (χ0n) is 28.3. The maximum absolute atomic E-state index is 14.2. The van der Waals surface area contributed by atoms with Crippen LogP contribution in [0.4, 0.5) is 5.69 Å². The molecule has 0 unspecified atom stereocenters. The molecule has 5 heterocycles. The van der Waals surface area contributed by atoms with E-state index in [-0.39, 0.29) is 30.0 Å². The molecule has 11 nitrogen and oxygen atoms in total. The molecular weight excluding hydrogens is 640 g/mol. The van der Waals surface area contributed by atoms with Gasteiger partial charge in [0.2, 0.25) is 11.8 Å². The summed E-state index contributed by atoms with van der Waals surface area (Å²) in [5, 5.41) is 4.84. The lowest BCUT2D eigenvalue weighted by molar-refractivity contribution is -0.143. The first-order valence-corrected chi connectivity index (χ1v) is 18.2. The molecule has 3 fully saturated rings. The average Bonchev–Trinajstić information content (AvgIpc) is 3.49. The van der Waals surface area contributed by atoms with Gasteiger partial charge in [-0.25, -0.2) is 4.79 Å². The molecule has 0 radical (unpaired) electrons. The Morgan fingerprint density at radius 2 is 1.71 bits per heavy atom. The van der Waals surface area contributed by atoms with Crippen LogP contribution in [0.2, 0.25) is 5.02 Å². The van der Waals surface area contributed by atoms with Crippen LogP contribution in [0, 0.1) is 5.92 Å². The molecule has 0 spiro atoms. The second-order valence-corrected chi connectivity index (χ2v) is 14.3. The highest BCUT2D eigenvalue weighted by Gasteiger charge is 2.34. The number of aromatic amines is 1. The summed E-state index contributed by atoms with van der Waals surface area (Å²) in [6.45, 7) is 8.22. The number of imidazole rings is 1. The summed E-state index contributed by atoms with van der Waals surface area (Å²) in [6.07, 6.45) is 6.63. The number of rotatable bonds is 8. The van der Waals surface area contributed by atoms with Crippen LogP contribution in [0.25, 0.3) is 21.9 Å². The molecule has 49 heavy (non-hydrogen) atoms. The first-order chi connectivity index (χ1) is 23.8. The van der Waals surface area contributed by atoms with E-state index in [2.05, 4.69) is 20.2 Å². The number of aromatic nitrogens is 3. The number of carbonyl (C=O) groups is 2. The summed E-state index contributed by atoms with van der Waals surface area (Å²) in [5.74, 6) is -0.499. The number of hydrogen-bond acceptors (Lipinski definition) is 7. The number of nitrogens with two attached hydrogens (primary N) is 1. The van der Waals surface area contributed by atoms with Gasteiger partial charge in [-0.3, -0.25) is 24.0 Å². The van der Waals surface area contributed by atoms with Crippen molar-refractivity contribution in [2.24, 2.45) is 5.92 Å². The molecule has 4 aromatic rings. The fourth-order valence-electron chi connectivity index (χ4n) is 8.21. The van der Waals surface area contributed by atoms with Crippen LogP contribution in [-0.2, 0) is 22.4 Å². The molecule has 12 heteroatoms. The molecule has 2 aromatic carbocycles. The molecule has 2 amide bonds. The van der Waals surface area contributed by atoms with Crippen LogP contribution >= 0.6 is 11.6 Å². The van der Waals surface area contributed by atoms with Crippen LogP contribution < -0.4 is 16.7 Å². The van der Waals surface area contributed by atoms with Crippen LogP contribution in [-0.4, -0.2) is 99.4 Å². The minimum atomic E-state index is -0.504. The number of anilines is 1. The van der Waals surface area contributed by atoms with Gasteiger partial charge in [-0.1, -0.05) is 42.8 Å². The highest BCUT2D eigenvalue weighted by atomic mass is 35.5. The van der Waals surface area contributed by atoms with E-state index >= 15 is 0 Å². The third-order valence-electron chi connectivity index (χ3n) is 11.0. The molecule has 0 bridgehead atoms. The molecular formula is C37H47ClN8O3. The number of H-pyrrole nitrogens is 1. The zero-order chi connectivity index (χ0) is 34.1. The Balaban J connectivity index is 1.05. The lowest BCUT2D eigenvalue weighted by Crippen LogP contribution is -2.55. The molecule has 1 atom stereocenters. The van der Waals surface area contributed by atoms with Crippen molar-refractivity contribution < 1.29 is 9.59 Å². The normalized spacial score (nSPS) is 19.1. The molecule has 2 aromatic heterocycles. The van der Waals surface area contributed by atoms with E-state index in [1.165, 1.54) is 0 Å². The number of halogens is 1. The van der Waals surface area contributed by atoms with Gasteiger partial charge in [0.05, 0.1) is 39.4 Å². The van der Waals surface area contributed by atoms with Crippen LogP contribution in [0.5, 0.6) is 0 Å². The quantitative estimate of drug-likeness (QED) is 0.239. The first-order valence-electron chi connectivity index (χ1n) is 17.9. The zero-order valence-corrected chi connectivity index (χ0v) is 29.1. The number of hydrogen-bond donors (Lipinski definition) is 3. The van der Waals surface area contributed by atoms with Gasteiger partial charge in [-0.05, 0) is 74.9 Å². The topological polar surface area (TPSA) is 133 Å². The van der Waals surface area contributed by atoms with E-state index in [4.69, 9.17) is 17.3 Å². The highest BCUT2D eigenvalue weighted by Crippen LogP contribution is 2.31. The Kier molecular flexibility index (Phi) is 9.94. The number of nitrogens with one attached hydrogen (secondary N) is 2. The average molecular weight is 687 g/mol. The Morgan fingerprint density at radius 1 is 0.980 bits per heavy atom. The molecule has 3 saturated heterocycles. The lowest BCUT2D eigenvalue weighted by atomic mass is 9.91. The van der Waals surface area contributed by atoms with Gasteiger partial charge in [-0.15, -0.1) is 0 Å². The van der Waals surface area contributed by atoms with Crippen molar-refractivity contribution in [2.45, 2.75) is 64.0 Å². The van der Waals surface area contributed by atoms with E-state index in [0.29, 0.717) is 62.2 Å². The second-order valence-electron chi connectivity index (χ2n) is 13.9. The summed E-state index contributed by atoms with van der Waals surface area (Å²) >= 11 is 6.52. The highest BCUT2D eigenvalue weighted by molar-refractivity contribution is 6.33. The molecule has 0 saturated carbocycles. The third-order valence-corrected chi connectivity index (χ3v) is 11.3. The van der Waals surface area contributed by atoms with E-state index in [1.807, 2.05) is 57.7 Å². The van der Waals surface area contributed by atoms with Crippen molar-refractivity contribution in [3.63, 3.8) is 0 Å². The smallest absolute Gasteiger partial charge is 0.326 e. The number of amides is 2. The van der Waals surface area contributed by atoms with Crippen molar-refractivity contribution in [3.05, 3.63) is 69.2 Å². The number of nitrogens with zero attached hydrogens (tertiary/aromatic N) is 5. The Labute approximate surface area is 291 Å². The summed E-state index contributed by atoms with van der Waals surface area (Å²) in [6, 6.07) is 12.2. The molecule has 7 rings (SSSR count). The number of piperazine rings is 1. The maximum atomic E-state index is 14.2. The third kappa shape index (κ3) is 6.93. The molecule has 4 N–H and O–H groups in total. The maximum Gasteiger partial charge on any atom is 0.326 e. The van der Waals surface area contributed by atoms with Crippen molar-refractivity contribution in [2.75, 3.05) is 58.1 Å². The largest absolute Gasteiger partial charge is 0.397 e. The summed E-state index contributed by atoms with van der Waals surface area (Å²) in [4.78, 5) is 55.3. The molecule has 260 valence electrons. The predicted molar refractivity (Wildman–Crippen MR) is 194 cm³/mol. The van der Waals surface area contributed by atoms with Crippen molar-refractivity contribution in [3.8, 4) is 0 Å². The number of likely N-dealkylation sites (tertiary alicyclic amines) is 1. The standard InChI is InChI=1S/C37H47ClN8O3/c1-2-25-19-24(21-30(38)34(25)39)20-26(36(48)45-17-15-43(16-18-45)27-7-11-40-12-8-27)22-33(47)44-13-9-28(10-14-44)46-32-23-41-31-6-4-3-5-29(31)35(32)42-37(46)49/h3-6,19,21,23,26-28,40H,2,7-18,20,22,39H2,1H3,(H,42,49)/t26-/m0/s1. The molecule has 3 aliphatic heterocycles. The number of para-hydroxylation sites is 1. The van der Waals surface area contributed by atoms with Gasteiger partial charge < -0.3 is 25.8 Å². The fraction of sp³-hybridized carbons (Fsp3) is 0.514. The number of piperidine rings is 2. The van der Waals surface area contributed by atoms with Crippen molar-refractivity contribution in [1.29, 1.82) is 0 Å². The lowest BCUT2D eigenvalue weighted by Gasteiger charge is -2.41. The van der Waals surface area contributed by atoms with Gasteiger partial charge in [0.15, 0.2) is 0 Å². The van der Waals surface area contributed by atoms with E-state index in [0.717, 1.165) is 78.5 Å². The van der Waals surface area contributed by atoms with Crippen LogP contribution in [0.3, 0.4) is 0 Å². The number of fused-ring (bicyclic) bond motifs is 3. The predicted octanol–water partition coefficient (Wildman–Crippen LogP) is 3.98. The minimum absolute atomic E-state index is 0.0265. The van der Waals surface area contributed by atoms with E-state index in [1.54, 1.807) is 6.20 Å². The van der Waals surface area contributed by atoms with Gasteiger partial charge in [-0.2, -0.15) is 0 Å². The Morgan fingerprint density at radius 3 is 2.45 bits per heavy atom. The minimum Gasteiger partial charge on any atom is -0.397 e. The monoisotopic (exact) mass is 686 g/mol. The van der Waals surface area contributed by atoms with E-state index in [9.17, 15) is 14.4 Å². The Hall–Kier alpha value is -3.93. The number of carbonyl (C=O) groups excluding carboxylic acids is 2. The SMILES string of the molecule is CCc1cc(C[C@@H](CC(=O)N2CCC(n3c(=O)[nH]c4c5ccccc5ncc43)CC2)C(=O)N2CCN(C3CCNCC3)CC2)cc(Cl)c1N. The summed E-state index contributed by atoms with van der Waals surface area (Å²) in [5.41, 5.74) is 10.9. The summed E-state index contributed by atoms with van der Waals surface area (Å²) in [7, 11) is 0. The van der Waals surface area contributed by atoms with Crippen LogP contribution in [0.15, 0.2) is 47.4 Å². The molecule has 0 aliphatic carbocycles. The fourth-order valence-corrected chi connectivity index (χ4v) is 8.48. The number of benzene rings is 2. The van der Waals surface area contributed by atoms with Gasteiger partial charge in [0.25, 0.3) is 0 Å². The van der Waals surface area contributed by atoms with Gasteiger partial charge in [0, 0.05) is 63.2 Å². The van der Waals surface area contributed by atoms with Crippen LogP contribution in [0.1, 0.15) is 56.2 Å². The number of nitrogen functional groups attached to an aromatic ring is 1. The van der Waals surface area contributed by atoms with Crippen molar-refractivity contribution in [1.82, 2.24) is 34.6 Å². The number of aryl methyl sites for hydroxylation is 1. The number of pyridine rings is 1. The van der Waals surface area contributed by atoms with Crippen molar-refractivity contribution >= 4 is 51.0 Å². The first kappa shape index (κ1) is 33.6. The molecule has 3 aliphatic rings. The second kappa shape index (κ2) is 14.5. The van der Waals surface area contributed by atoms with Gasteiger partial charge >= 0.3 is 5.69 Å².